The van der Waals surface area contributed by atoms with Crippen LogP contribution in [0.2, 0.25) is 0 Å². The van der Waals surface area contributed by atoms with Crippen molar-refractivity contribution < 1.29 is 14.3 Å². The Labute approximate surface area is 193 Å². The summed E-state index contributed by atoms with van der Waals surface area (Å²) in [5, 5.41) is 15.0. The number of amidine groups is 1. The highest BCUT2D eigenvalue weighted by Gasteiger charge is 2.47. The molecule has 1 fully saturated rings. The number of hydrogen-bond acceptors (Lipinski definition) is 5. The minimum absolute atomic E-state index is 0. The van der Waals surface area contributed by atoms with Crippen LogP contribution in [0, 0.1) is 18.7 Å². The van der Waals surface area contributed by atoms with E-state index in [0.29, 0.717) is 11.6 Å². The first-order valence-electron chi connectivity index (χ1n) is 10.7. The predicted molar refractivity (Wildman–Crippen MR) is 127 cm³/mol. The van der Waals surface area contributed by atoms with Crippen LogP contribution in [0.25, 0.3) is 11.8 Å². The summed E-state index contributed by atoms with van der Waals surface area (Å²) in [5.41, 5.74) is 3.54. The molecule has 0 amide bonds. The maximum Gasteiger partial charge on any atom is 0.234 e. The summed E-state index contributed by atoms with van der Waals surface area (Å²) in [6, 6.07) is 12.0. The minimum Gasteiger partial charge on any atom is -0.506 e. The highest BCUT2D eigenvalue weighted by molar-refractivity contribution is 6.03. The maximum absolute atomic E-state index is 13.5. The highest BCUT2D eigenvalue weighted by atomic mass is 19.1. The van der Waals surface area contributed by atoms with Crippen LogP contribution in [0.15, 0.2) is 65.7 Å². The van der Waals surface area contributed by atoms with Gasteiger partial charge in [-0.25, -0.2) is 9.37 Å². The molecule has 1 saturated heterocycles. The molecule has 2 aliphatic rings. The zero-order valence-corrected chi connectivity index (χ0v) is 18.3. The number of fused-ring (bicyclic) bond motifs is 1. The number of phenols is 1. The third kappa shape index (κ3) is 3.99. The van der Waals surface area contributed by atoms with Crippen LogP contribution >= 0.6 is 0 Å². The van der Waals surface area contributed by atoms with Crippen molar-refractivity contribution in [3.63, 3.8) is 0 Å². The molecule has 1 unspecified atom stereocenters. The van der Waals surface area contributed by atoms with Gasteiger partial charge in [-0.1, -0.05) is 37.7 Å². The van der Waals surface area contributed by atoms with E-state index >= 15 is 0 Å². The van der Waals surface area contributed by atoms with Crippen molar-refractivity contribution in [3.05, 3.63) is 83.2 Å². The molecule has 0 spiro atoms. The number of aryl methyl sites for hydroxylation is 1. The van der Waals surface area contributed by atoms with Crippen molar-refractivity contribution >= 4 is 11.9 Å². The molecule has 1 N–H and O–H groups in total. The fourth-order valence-corrected chi connectivity index (χ4v) is 4.46. The van der Waals surface area contributed by atoms with E-state index in [1.807, 2.05) is 38.3 Å². The Morgan fingerprint density at radius 2 is 1.97 bits per heavy atom. The van der Waals surface area contributed by atoms with E-state index in [-0.39, 0.29) is 19.0 Å². The van der Waals surface area contributed by atoms with Gasteiger partial charge in [-0.05, 0) is 60.7 Å². The van der Waals surface area contributed by atoms with Crippen LogP contribution in [0.4, 0.5) is 4.39 Å². The number of hydrogen-bond donors (Lipinski definition) is 1. The third-order valence-electron chi connectivity index (χ3n) is 6.14. The van der Waals surface area contributed by atoms with E-state index in [4.69, 9.17) is 4.84 Å². The second-order valence-corrected chi connectivity index (χ2v) is 8.76. The van der Waals surface area contributed by atoms with Crippen molar-refractivity contribution in [2.24, 2.45) is 11.1 Å². The van der Waals surface area contributed by atoms with Crippen LogP contribution in [0.1, 0.15) is 44.5 Å². The van der Waals surface area contributed by atoms with Gasteiger partial charge in [0, 0.05) is 25.2 Å². The molecule has 2 atom stereocenters. The summed E-state index contributed by atoms with van der Waals surface area (Å²) in [7, 11) is 0. The molecule has 7 heteroatoms. The van der Waals surface area contributed by atoms with E-state index in [9.17, 15) is 9.50 Å². The first-order chi connectivity index (χ1) is 15.3. The summed E-state index contributed by atoms with van der Waals surface area (Å²) in [4.78, 5) is 12.3. The number of imidazole rings is 1. The minimum atomic E-state index is -0.790. The molecule has 0 saturated carbocycles. The number of rotatable bonds is 3. The predicted octanol–water partition coefficient (Wildman–Crippen LogP) is 5.60. The Balaban J connectivity index is 0.00000259. The summed E-state index contributed by atoms with van der Waals surface area (Å²) in [6.07, 6.45) is 6.45. The average molecular weight is 449 g/mol. The van der Waals surface area contributed by atoms with Crippen LogP contribution < -0.4 is 0 Å². The van der Waals surface area contributed by atoms with Crippen molar-refractivity contribution in [2.45, 2.75) is 40.3 Å². The Bertz CT molecular complexity index is 1230. The van der Waals surface area contributed by atoms with Crippen molar-refractivity contribution in [1.29, 1.82) is 0 Å². The van der Waals surface area contributed by atoms with E-state index in [2.05, 4.69) is 22.0 Å². The number of aromatic hydroxyl groups is 1. The lowest BCUT2D eigenvalue weighted by molar-refractivity contribution is -0.0948. The van der Waals surface area contributed by atoms with E-state index in [0.717, 1.165) is 41.2 Å². The molecule has 3 heterocycles. The smallest absolute Gasteiger partial charge is 0.234 e. The Morgan fingerprint density at radius 3 is 2.64 bits per heavy atom. The molecule has 2 aromatic carbocycles. The maximum atomic E-state index is 13.5. The fourth-order valence-electron chi connectivity index (χ4n) is 4.46. The highest BCUT2D eigenvalue weighted by Crippen LogP contribution is 2.41. The lowest BCUT2D eigenvalue weighted by atomic mass is 9.90. The third-order valence-corrected chi connectivity index (χ3v) is 6.14. The zero-order chi connectivity index (χ0) is 22.5. The number of oxime groups is 1. The van der Waals surface area contributed by atoms with Crippen molar-refractivity contribution in [3.8, 4) is 11.4 Å². The molecule has 0 radical (unpaired) electrons. The van der Waals surface area contributed by atoms with Gasteiger partial charge >= 0.3 is 0 Å². The Hall–Kier alpha value is -3.61. The number of benzene rings is 2. The zero-order valence-electron chi connectivity index (χ0n) is 18.3. The number of nitrogens with zero attached hydrogens (tertiary/aromatic N) is 4. The van der Waals surface area contributed by atoms with E-state index in [1.165, 1.54) is 12.1 Å². The molecule has 1 aromatic heterocycles. The van der Waals surface area contributed by atoms with E-state index < -0.39 is 5.72 Å². The Morgan fingerprint density at radius 1 is 1.21 bits per heavy atom. The van der Waals surface area contributed by atoms with Gasteiger partial charge in [0.1, 0.15) is 11.6 Å². The van der Waals surface area contributed by atoms with Crippen LogP contribution in [-0.4, -0.2) is 31.9 Å². The van der Waals surface area contributed by atoms with Gasteiger partial charge < -0.3 is 19.4 Å². The number of aromatic nitrogens is 2. The fraction of sp³-hybridized carbons (Fsp3) is 0.308. The average Bonchev–Trinajstić information content (AvgIpc) is 3.33. The lowest BCUT2D eigenvalue weighted by Gasteiger charge is -2.40. The van der Waals surface area contributed by atoms with Gasteiger partial charge in [0.05, 0.1) is 17.7 Å². The molecule has 172 valence electrons. The van der Waals surface area contributed by atoms with Crippen LogP contribution in [0.3, 0.4) is 0 Å². The van der Waals surface area contributed by atoms with E-state index in [1.54, 1.807) is 29.1 Å². The van der Waals surface area contributed by atoms with Gasteiger partial charge in [0.15, 0.2) is 5.84 Å². The van der Waals surface area contributed by atoms with Crippen LogP contribution in [0.5, 0.6) is 5.75 Å². The standard InChI is InChI=1S/C25H25FN4O2.CH4/c1-16-10-19(11-18-4-9-22(23(31)12-18)29-14-17(2)27-15-29)24-28-32-25(3,30(24)13-16)20-5-7-21(26)8-6-20;/h4-9,11-12,14-16,31H,10,13H2,1-3H3;1H4/b19-11+;/t16-,25?;/m1./s1. The molecular formula is C26H29FN4O2. The summed E-state index contributed by atoms with van der Waals surface area (Å²) in [5.74, 6) is 1.06. The van der Waals surface area contributed by atoms with Crippen LogP contribution in [-0.2, 0) is 10.6 Å². The second-order valence-electron chi connectivity index (χ2n) is 8.76. The normalized spacial score (nSPS) is 23.0. The Kier molecular flexibility index (Phi) is 5.74. The molecule has 3 aromatic rings. The van der Waals surface area contributed by atoms with Gasteiger partial charge in [-0.3, -0.25) is 0 Å². The summed E-state index contributed by atoms with van der Waals surface area (Å²) < 4.78 is 15.3. The lowest BCUT2D eigenvalue weighted by Crippen LogP contribution is -2.49. The van der Waals surface area contributed by atoms with Crippen molar-refractivity contribution in [2.75, 3.05) is 6.54 Å². The largest absolute Gasteiger partial charge is 0.506 e. The van der Waals surface area contributed by atoms with Gasteiger partial charge in [-0.15, -0.1) is 0 Å². The molecular weight excluding hydrogens is 419 g/mol. The molecule has 2 aliphatic heterocycles. The van der Waals surface area contributed by atoms with Crippen molar-refractivity contribution in [1.82, 2.24) is 14.5 Å². The molecule has 0 bridgehead atoms. The molecule has 33 heavy (non-hydrogen) atoms. The molecule has 5 rings (SSSR count). The summed E-state index contributed by atoms with van der Waals surface area (Å²) >= 11 is 0. The molecule has 0 aliphatic carbocycles. The number of piperidine rings is 1. The quantitative estimate of drug-likeness (QED) is 0.566. The molecule has 6 nitrogen and oxygen atoms in total. The first kappa shape index (κ1) is 22.6. The first-order valence-corrected chi connectivity index (χ1v) is 10.7. The SMILES string of the molecule is C.Cc1cn(-c2ccc(/C=C3\C[C@@H](C)CN4C3=NOC4(C)c3ccc(F)cc3)cc2O)cn1. The number of halogens is 1. The number of phenolic OH excluding ortho intramolecular Hbond substituents is 1. The van der Waals surface area contributed by atoms with Gasteiger partial charge in [-0.2, -0.15) is 0 Å². The van der Waals surface area contributed by atoms with Gasteiger partial charge in [0.2, 0.25) is 5.72 Å². The summed E-state index contributed by atoms with van der Waals surface area (Å²) in [6.45, 7) is 6.84. The topological polar surface area (TPSA) is 62.9 Å². The second kappa shape index (κ2) is 8.39. The van der Waals surface area contributed by atoms with Gasteiger partial charge in [0.25, 0.3) is 0 Å². The monoisotopic (exact) mass is 448 g/mol.